The molecule has 23 heavy (non-hydrogen) atoms. The van der Waals surface area contributed by atoms with Gasteiger partial charge in [-0.05, 0) is 36.4 Å². The molecule has 0 amide bonds. The van der Waals surface area contributed by atoms with Gasteiger partial charge in [-0.3, -0.25) is 0 Å². The quantitative estimate of drug-likeness (QED) is 0.350. The van der Waals surface area contributed by atoms with E-state index < -0.39 is 11.7 Å². The number of halogens is 3. The first kappa shape index (κ1) is 16.6. The molecule has 0 saturated heterocycles. The van der Waals surface area contributed by atoms with Crippen molar-refractivity contribution in [3.05, 3.63) is 59.7 Å². The van der Waals surface area contributed by atoms with Crippen molar-refractivity contribution in [2.24, 2.45) is 16.7 Å². The molecule has 8 heteroatoms. The van der Waals surface area contributed by atoms with Crippen molar-refractivity contribution in [1.82, 2.24) is 5.12 Å². The van der Waals surface area contributed by atoms with E-state index in [1.807, 2.05) is 0 Å². The Morgan fingerprint density at radius 1 is 1.09 bits per heavy atom. The van der Waals surface area contributed by atoms with Crippen LogP contribution in [0.3, 0.4) is 0 Å². The van der Waals surface area contributed by atoms with Gasteiger partial charge in [0.1, 0.15) is 0 Å². The van der Waals surface area contributed by atoms with Crippen molar-refractivity contribution < 1.29 is 13.2 Å². The Morgan fingerprint density at radius 2 is 1.70 bits per heavy atom. The average molecular weight is 323 g/mol. The molecule has 2 aromatic rings. The molecule has 0 bridgehead atoms. The molecule has 0 spiro atoms. The number of hydrogen-bond donors (Lipinski definition) is 3. The minimum Gasteiger partial charge on any atom is -0.382 e. The summed E-state index contributed by atoms with van der Waals surface area (Å²) in [5.74, 6) is 5.61. The van der Waals surface area contributed by atoms with Crippen molar-refractivity contribution in [2.75, 3.05) is 12.4 Å². The second-order valence-corrected chi connectivity index (χ2v) is 4.80. The lowest BCUT2D eigenvalue weighted by Gasteiger charge is -2.14. The molecule has 0 aliphatic rings. The van der Waals surface area contributed by atoms with Crippen molar-refractivity contribution in [3.63, 3.8) is 0 Å². The standard InChI is InChI=1S/C15H16F3N5/c1-23(20)22-14(19)12-4-2-3-5-13(12)21-11-8-6-10(7-9-11)15(16,17)18/h2-9,21H,20H2,1H3,(H2,19,22). The zero-order chi connectivity index (χ0) is 17.0. The molecule has 2 aromatic carbocycles. The lowest BCUT2D eigenvalue weighted by atomic mass is 10.1. The zero-order valence-electron chi connectivity index (χ0n) is 12.3. The van der Waals surface area contributed by atoms with Crippen molar-refractivity contribution >= 4 is 17.2 Å². The maximum absolute atomic E-state index is 12.6. The van der Waals surface area contributed by atoms with E-state index in [0.29, 0.717) is 16.9 Å². The van der Waals surface area contributed by atoms with Crippen LogP contribution in [-0.2, 0) is 6.18 Å². The fourth-order valence-corrected chi connectivity index (χ4v) is 1.94. The van der Waals surface area contributed by atoms with Crippen LogP contribution in [0.2, 0.25) is 0 Å². The van der Waals surface area contributed by atoms with Gasteiger partial charge in [0.2, 0.25) is 0 Å². The Kier molecular flexibility index (Phi) is 4.75. The Hall–Kier alpha value is -2.74. The SMILES string of the molecule is CN(N)/N=C(\N)c1ccccc1Nc1ccc(C(F)(F)F)cc1. The first-order valence-corrected chi connectivity index (χ1v) is 6.63. The molecule has 0 heterocycles. The fraction of sp³-hybridized carbons (Fsp3) is 0.133. The number of nitrogens with one attached hydrogen (secondary N) is 1. The van der Waals surface area contributed by atoms with Crippen molar-refractivity contribution in [3.8, 4) is 0 Å². The molecule has 0 fully saturated rings. The van der Waals surface area contributed by atoms with Crippen molar-refractivity contribution in [2.45, 2.75) is 6.18 Å². The topological polar surface area (TPSA) is 79.7 Å². The van der Waals surface area contributed by atoms with E-state index in [1.54, 1.807) is 24.3 Å². The van der Waals surface area contributed by atoms with Gasteiger partial charge >= 0.3 is 6.18 Å². The highest BCUT2D eigenvalue weighted by molar-refractivity contribution is 6.02. The molecule has 0 aromatic heterocycles. The molecule has 0 saturated carbocycles. The van der Waals surface area contributed by atoms with Gasteiger partial charge in [0.05, 0.1) is 5.56 Å². The molecule has 122 valence electrons. The Labute approximate surface area is 131 Å². The van der Waals surface area contributed by atoms with Crippen LogP contribution in [0.1, 0.15) is 11.1 Å². The number of hydrazine groups is 1. The maximum atomic E-state index is 12.6. The van der Waals surface area contributed by atoms with E-state index in [1.165, 1.54) is 19.2 Å². The molecule has 2 rings (SSSR count). The number of anilines is 2. The third-order valence-electron chi connectivity index (χ3n) is 2.96. The minimum absolute atomic E-state index is 0.185. The summed E-state index contributed by atoms with van der Waals surface area (Å²) >= 11 is 0. The van der Waals surface area contributed by atoms with Crippen LogP contribution in [-0.4, -0.2) is 18.0 Å². The predicted octanol–water partition coefficient (Wildman–Crippen LogP) is 2.87. The van der Waals surface area contributed by atoms with Crippen LogP contribution >= 0.6 is 0 Å². The van der Waals surface area contributed by atoms with Gasteiger partial charge in [0.25, 0.3) is 0 Å². The van der Waals surface area contributed by atoms with Gasteiger partial charge in [-0.1, -0.05) is 12.1 Å². The highest BCUT2D eigenvalue weighted by Crippen LogP contribution is 2.30. The Bertz CT molecular complexity index is 693. The Balaban J connectivity index is 2.27. The summed E-state index contributed by atoms with van der Waals surface area (Å²) < 4.78 is 37.7. The lowest BCUT2D eigenvalue weighted by Crippen LogP contribution is -2.26. The number of alkyl halides is 3. The molecule has 0 unspecified atom stereocenters. The third kappa shape index (κ3) is 4.36. The van der Waals surface area contributed by atoms with Crippen LogP contribution in [0.4, 0.5) is 24.5 Å². The number of nitrogens with zero attached hydrogens (tertiary/aromatic N) is 2. The molecular weight excluding hydrogens is 307 g/mol. The van der Waals surface area contributed by atoms with Crippen molar-refractivity contribution in [1.29, 1.82) is 0 Å². The van der Waals surface area contributed by atoms with Gasteiger partial charge in [-0.2, -0.15) is 13.2 Å². The summed E-state index contributed by atoms with van der Waals surface area (Å²) in [5, 5.41) is 8.00. The van der Waals surface area contributed by atoms with Crippen LogP contribution in [0.25, 0.3) is 0 Å². The summed E-state index contributed by atoms with van der Waals surface area (Å²) in [6.45, 7) is 0. The molecule has 0 aliphatic carbocycles. The van der Waals surface area contributed by atoms with E-state index in [0.717, 1.165) is 17.3 Å². The minimum atomic E-state index is -4.36. The summed E-state index contributed by atoms with van der Waals surface area (Å²) in [5.41, 5.74) is 6.86. The summed E-state index contributed by atoms with van der Waals surface area (Å²) in [7, 11) is 1.53. The van der Waals surface area contributed by atoms with Gasteiger partial charge in [0.15, 0.2) is 5.84 Å². The zero-order valence-corrected chi connectivity index (χ0v) is 12.3. The number of rotatable bonds is 4. The number of para-hydroxylation sites is 1. The van der Waals surface area contributed by atoms with Gasteiger partial charge in [-0.25, -0.2) is 11.0 Å². The van der Waals surface area contributed by atoms with Crippen LogP contribution in [0.15, 0.2) is 53.6 Å². The van der Waals surface area contributed by atoms with E-state index in [4.69, 9.17) is 11.6 Å². The maximum Gasteiger partial charge on any atom is 0.416 e. The molecular formula is C15H16F3N5. The molecule has 0 aliphatic heterocycles. The fourth-order valence-electron chi connectivity index (χ4n) is 1.94. The number of amidine groups is 1. The van der Waals surface area contributed by atoms with Crippen LogP contribution in [0, 0.1) is 0 Å². The van der Waals surface area contributed by atoms with Gasteiger partial charge < -0.3 is 11.1 Å². The highest BCUT2D eigenvalue weighted by atomic mass is 19.4. The normalized spacial score (nSPS) is 12.1. The largest absolute Gasteiger partial charge is 0.416 e. The Morgan fingerprint density at radius 3 is 2.26 bits per heavy atom. The number of nitrogens with two attached hydrogens (primary N) is 2. The van der Waals surface area contributed by atoms with E-state index >= 15 is 0 Å². The second-order valence-electron chi connectivity index (χ2n) is 4.80. The van der Waals surface area contributed by atoms with Gasteiger partial charge in [-0.15, -0.1) is 5.10 Å². The van der Waals surface area contributed by atoms with Crippen LogP contribution in [0.5, 0.6) is 0 Å². The summed E-state index contributed by atoms with van der Waals surface area (Å²) in [6.07, 6.45) is -4.36. The molecule has 5 nitrogen and oxygen atoms in total. The summed E-state index contributed by atoms with van der Waals surface area (Å²) in [4.78, 5) is 0. The summed E-state index contributed by atoms with van der Waals surface area (Å²) in [6, 6.07) is 11.7. The third-order valence-corrected chi connectivity index (χ3v) is 2.96. The first-order valence-electron chi connectivity index (χ1n) is 6.63. The predicted molar refractivity (Wildman–Crippen MR) is 83.8 cm³/mol. The first-order chi connectivity index (χ1) is 10.8. The van der Waals surface area contributed by atoms with E-state index in [9.17, 15) is 13.2 Å². The van der Waals surface area contributed by atoms with Crippen LogP contribution < -0.4 is 16.9 Å². The molecule has 0 atom stereocenters. The smallest absolute Gasteiger partial charge is 0.382 e. The monoisotopic (exact) mass is 323 g/mol. The average Bonchev–Trinajstić information content (AvgIpc) is 2.46. The molecule has 0 radical (unpaired) electrons. The highest BCUT2D eigenvalue weighted by Gasteiger charge is 2.29. The second kappa shape index (κ2) is 6.57. The number of hydrogen-bond acceptors (Lipinski definition) is 4. The molecule has 5 N–H and O–H groups in total. The van der Waals surface area contributed by atoms with E-state index in [-0.39, 0.29) is 5.84 Å². The lowest BCUT2D eigenvalue weighted by molar-refractivity contribution is -0.137. The number of benzene rings is 2. The van der Waals surface area contributed by atoms with Gasteiger partial charge in [0, 0.05) is 24.0 Å². The number of hydrazone groups is 1. The van der Waals surface area contributed by atoms with E-state index in [2.05, 4.69) is 10.4 Å².